The summed E-state index contributed by atoms with van der Waals surface area (Å²) in [6.07, 6.45) is 5.00. The zero-order valence-electron chi connectivity index (χ0n) is 9.51. The van der Waals surface area contributed by atoms with Crippen LogP contribution in [0, 0.1) is 11.8 Å². The number of hydrogen-bond donors (Lipinski definition) is 0. The van der Waals surface area contributed by atoms with E-state index in [0.29, 0.717) is 0 Å². The van der Waals surface area contributed by atoms with E-state index in [1.165, 1.54) is 12.8 Å². The molecule has 2 fully saturated rings. The van der Waals surface area contributed by atoms with Crippen molar-refractivity contribution in [2.75, 3.05) is 24.2 Å². The second-order valence-electron chi connectivity index (χ2n) is 5.05. The molecule has 0 aromatic carbocycles. The number of halogens is 1. The monoisotopic (exact) mass is 324 g/mol. The van der Waals surface area contributed by atoms with Gasteiger partial charge < -0.3 is 9.47 Å². The van der Waals surface area contributed by atoms with Gasteiger partial charge in [0.1, 0.15) is 0 Å². The van der Waals surface area contributed by atoms with Crippen LogP contribution in [0.5, 0.6) is 0 Å². The number of hydrogen-bond acceptors (Lipinski definition) is 2. The molecule has 1 aliphatic heterocycles. The average Bonchev–Trinajstić information content (AvgIpc) is 3.11. The first-order valence-electron chi connectivity index (χ1n) is 6.03. The molecule has 0 aromatic rings. The van der Waals surface area contributed by atoms with Crippen LogP contribution in [0.15, 0.2) is 0 Å². The van der Waals surface area contributed by atoms with Crippen LogP contribution in [0.25, 0.3) is 0 Å². The van der Waals surface area contributed by atoms with E-state index in [4.69, 9.17) is 9.47 Å². The average molecular weight is 324 g/mol. The third kappa shape index (κ3) is 3.30. The molecule has 1 saturated carbocycles. The molecule has 0 N–H and O–H groups in total. The van der Waals surface area contributed by atoms with Crippen molar-refractivity contribution in [3.63, 3.8) is 0 Å². The summed E-state index contributed by atoms with van der Waals surface area (Å²) in [5.41, 5.74) is 0.127. The first-order chi connectivity index (χ1) is 7.26. The molecule has 0 spiro atoms. The van der Waals surface area contributed by atoms with Gasteiger partial charge in [-0.15, -0.1) is 0 Å². The molecule has 1 saturated heterocycles. The van der Waals surface area contributed by atoms with E-state index in [0.717, 1.165) is 48.9 Å². The summed E-state index contributed by atoms with van der Waals surface area (Å²) in [6, 6.07) is 0. The topological polar surface area (TPSA) is 18.5 Å². The van der Waals surface area contributed by atoms with Gasteiger partial charge in [-0.05, 0) is 24.7 Å². The molecule has 0 amide bonds. The van der Waals surface area contributed by atoms with Gasteiger partial charge >= 0.3 is 0 Å². The fourth-order valence-corrected chi connectivity index (χ4v) is 3.15. The van der Waals surface area contributed by atoms with Gasteiger partial charge in [0.05, 0.1) is 12.2 Å². The molecule has 1 atom stereocenters. The number of alkyl halides is 1. The van der Waals surface area contributed by atoms with Crippen molar-refractivity contribution < 1.29 is 9.47 Å². The smallest absolute Gasteiger partial charge is 0.0815 e. The lowest BCUT2D eigenvalue weighted by atomic mass is 9.96. The number of rotatable bonds is 5. The van der Waals surface area contributed by atoms with E-state index in [2.05, 4.69) is 29.5 Å². The Labute approximate surface area is 106 Å². The van der Waals surface area contributed by atoms with Gasteiger partial charge in [-0.2, -0.15) is 0 Å². The maximum atomic E-state index is 6.20. The summed E-state index contributed by atoms with van der Waals surface area (Å²) in [5, 5.41) is 0. The van der Waals surface area contributed by atoms with Crippen LogP contribution >= 0.6 is 22.6 Å². The van der Waals surface area contributed by atoms with Gasteiger partial charge in [0.25, 0.3) is 0 Å². The van der Waals surface area contributed by atoms with Crippen molar-refractivity contribution in [1.29, 1.82) is 0 Å². The predicted octanol–water partition coefficient (Wildman–Crippen LogP) is 3.03. The van der Waals surface area contributed by atoms with Crippen LogP contribution in [0.1, 0.15) is 32.6 Å². The van der Waals surface area contributed by atoms with Gasteiger partial charge in [0.15, 0.2) is 0 Å². The summed E-state index contributed by atoms with van der Waals surface area (Å²) in [4.78, 5) is 0. The van der Waals surface area contributed by atoms with Crippen molar-refractivity contribution in [1.82, 2.24) is 0 Å². The minimum absolute atomic E-state index is 0.127. The van der Waals surface area contributed by atoms with Crippen LogP contribution in [0.2, 0.25) is 0 Å². The summed E-state index contributed by atoms with van der Waals surface area (Å²) in [7, 11) is 0. The molecule has 1 heterocycles. The highest BCUT2D eigenvalue weighted by Gasteiger charge is 2.35. The molecule has 0 aromatic heterocycles. The fourth-order valence-electron chi connectivity index (χ4n) is 2.17. The Bertz CT molecular complexity index is 198. The highest BCUT2D eigenvalue weighted by atomic mass is 127. The summed E-state index contributed by atoms with van der Waals surface area (Å²) < 4.78 is 12.7. The van der Waals surface area contributed by atoms with Gasteiger partial charge in [0.2, 0.25) is 0 Å². The van der Waals surface area contributed by atoms with Crippen molar-refractivity contribution in [3.05, 3.63) is 0 Å². The molecule has 15 heavy (non-hydrogen) atoms. The predicted molar refractivity (Wildman–Crippen MR) is 69.5 cm³/mol. The molecule has 2 rings (SSSR count). The van der Waals surface area contributed by atoms with E-state index >= 15 is 0 Å². The van der Waals surface area contributed by atoms with Gasteiger partial charge in [-0.25, -0.2) is 0 Å². The van der Waals surface area contributed by atoms with E-state index < -0.39 is 0 Å². The van der Waals surface area contributed by atoms with E-state index in [-0.39, 0.29) is 5.60 Å². The van der Waals surface area contributed by atoms with Crippen LogP contribution in [0.4, 0.5) is 0 Å². The molecule has 1 aliphatic carbocycles. The first kappa shape index (κ1) is 12.1. The quantitative estimate of drug-likeness (QED) is 0.572. The Hall–Kier alpha value is 0.650. The number of ether oxygens (including phenoxy) is 2. The zero-order chi connectivity index (χ0) is 10.7. The Balaban J connectivity index is 1.78. The van der Waals surface area contributed by atoms with Crippen molar-refractivity contribution in [3.8, 4) is 0 Å². The molecule has 3 heteroatoms. The molecular formula is C12H21IO2. The Morgan fingerprint density at radius 3 is 2.60 bits per heavy atom. The second-order valence-corrected chi connectivity index (χ2v) is 5.82. The molecule has 88 valence electrons. The first-order valence-corrected chi connectivity index (χ1v) is 7.56. The van der Waals surface area contributed by atoms with Crippen LogP contribution in [-0.2, 0) is 9.47 Å². The molecule has 1 unspecified atom stereocenters. The summed E-state index contributed by atoms with van der Waals surface area (Å²) >= 11 is 2.46. The molecule has 0 radical (unpaired) electrons. The molecular weight excluding hydrogens is 303 g/mol. The SMILES string of the molecule is CC(COC1(CI)CCOCC1)C1CC1. The third-order valence-electron chi connectivity index (χ3n) is 3.73. The summed E-state index contributed by atoms with van der Waals surface area (Å²) in [6.45, 7) is 5.03. The zero-order valence-corrected chi connectivity index (χ0v) is 11.7. The Morgan fingerprint density at radius 1 is 1.40 bits per heavy atom. The standard InChI is InChI=1S/C12H21IO2/c1-10(11-2-3-11)8-15-12(9-13)4-6-14-7-5-12/h10-11H,2-9H2,1H3. The van der Waals surface area contributed by atoms with Crippen molar-refractivity contribution in [2.24, 2.45) is 11.8 Å². The van der Waals surface area contributed by atoms with E-state index in [1.54, 1.807) is 0 Å². The van der Waals surface area contributed by atoms with Crippen LogP contribution < -0.4 is 0 Å². The Kier molecular flexibility index (Phi) is 4.30. The summed E-state index contributed by atoms with van der Waals surface area (Å²) in [5.74, 6) is 1.71. The molecule has 0 bridgehead atoms. The lowest BCUT2D eigenvalue weighted by molar-refractivity contribution is -0.104. The minimum Gasteiger partial charge on any atom is -0.381 e. The highest BCUT2D eigenvalue weighted by Crippen LogP contribution is 2.38. The van der Waals surface area contributed by atoms with E-state index in [9.17, 15) is 0 Å². The van der Waals surface area contributed by atoms with E-state index in [1.807, 2.05) is 0 Å². The molecule has 2 aliphatic rings. The van der Waals surface area contributed by atoms with Crippen LogP contribution in [-0.4, -0.2) is 29.8 Å². The molecule has 2 nitrogen and oxygen atoms in total. The van der Waals surface area contributed by atoms with Crippen molar-refractivity contribution in [2.45, 2.75) is 38.2 Å². The maximum absolute atomic E-state index is 6.20. The lowest BCUT2D eigenvalue weighted by Gasteiger charge is -2.36. The third-order valence-corrected chi connectivity index (χ3v) is 5.12. The maximum Gasteiger partial charge on any atom is 0.0815 e. The highest BCUT2D eigenvalue weighted by molar-refractivity contribution is 14.1. The van der Waals surface area contributed by atoms with Crippen LogP contribution in [0.3, 0.4) is 0 Å². The lowest BCUT2D eigenvalue weighted by Crippen LogP contribution is -2.41. The van der Waals surface area contributed by atoms with Crippen molar-refractivity contribution >= 4 is 22.6 Å². The van der Waals surface area contributed by atoms with Gasteiger partial charge in [-0.3, -0.25) is 0 Å². The minimum atomic E-state index is 0.127. The Morgan fingerprint density at radius 2 is 2.07 bits per heavy atom. The fraction of sp³-hybridized carbons (Fsp3) is 1.00. The normalized spacial score (nSPS) is 27.6. The largest absolute Gasteiger partial charge is 0.381 e. The van der Waals surface area contributed by atoms with Gasteiger partial charge in [-0.1, -0.05) is 29.5 Å². The van der Waals surface area contributed by atoms with Gasteiger partial charge in [0, 0.05) is 30.5 Å². The second kappa shape index (κ2) is 5.32.